The molecular formula is C29H33N5O5S. The van der Waals surface area contributed by atoms with E-state index in [9.17, 15) is 13.2 Å². The van der Waals surface area contributed by atoms with E-state index in [4.69, 9.17) is 14.6 Å². The lowest BCUT2D eigenvalue weighted by Crippen LogP contribution is -2.21. The maximum absolute atomic E-state index is 13.0. The molecule has 0 unspecified atom stereocenters. The number of carbonyl (C=O) groups is 1. The van der Waals surface area contributed by atoms with Crippen LogP contribution in [0, 0.1) is 0 Å². The minimum absolute atomic E-state index is 0.0312. The fourth-order valence-electron chi connectivity index (χ4n) is 3.78. The molecule has 2 heterocycles. The number of nitrogens with zero attached hydrogens (tertiary/aromatic N) is 3. The van der Waals surface area contributed by atoms with Crippen molar-refractivity contribution >= 4 is 27.4 Å². The summed E-state index contributed by atoms with van der Waals surface area (Å²) in [6.45, 7) is 6.39. The monoisotopic (exact) mass is 563 g/mol. The zero-order chi connectivity index (χ0) is 28.8. The Morgan fingerprint density at radius 1 is 0.950 bits per heavy atom. The summed E-state index contributed by atoms with van der Waals surface area (Å²) in [5.74, 6) is 1.63. The first-order valence-corrected chi connectivity index (χ1v) is 14.4. The first-order chi connectivity index (χ1) is 19.0. The minimum Gasteiger partial charge on any atom is -0.457 e. The van der Waals surface area contributed by atoms with Crippen LogP contribution in [0.3, 0.4) is 0 Å². The molecule has 0 saturated carbocycles. The first-order valence-electron chi connectivity index (χ1n) is 12.7. The van der Waals surface area contributed by atoms with E-state index in [-0.39, 0.29) is 16.1 Å². The van der Waals surface area contributed by atoms with Gasteiger partial charge in [0.1, 0.15) is 17.3 Å². The van der Waals surface area contributed by atoms with Gasteiger partial charge in [0.05, 0.1) is 22.0 Å². The van der Waals surface area contributed by atoms with Crippen molar-refractivity contribution in [3.05, 3.63) is 84.8 Å². The standard InChI is InChI=1S/C29H33N5O5S/c1-29(2,3)26-20-27(34(33-26)22-7-5-8-25(19-22)40(36,37)18-6-17-38-4)32-28(35)31-21-9-11-23(12-10-21)39-24-13-15-30-16-14-24/h5,7-16,19-20H,6,17-18H2,1-4H3,(H2,31,32,35). The van der Waals surface area contributed by atoms with Crippen LogP contribution in [0.5, 0.6) is 11.5 Å². The highest BCUT2D eigenvalue weighted by atomic mass is 32.2. The summed E-state index contributed by atoms with van der Waals surface area (Å²) < 4.78 is 38.0. The Morgan fingerprint density at radius 3 is 2.33 bits per heavy atom. The van der Waals surface area contributed by atoms with E-state index in [1.165, 1.54) is 7.11 Å². The SMILES string of the molecule is COCCCS(=O)(=O)c1cccc(-n2nc(C(C)(C)C)cc2NC(=O)Nc2ccc(Oc3ccncc3)cc2)c1. The summed E-state index contributed by atoms with van der Waals surface area (Å²) >= 11 is 0. The number of rotatable bonds is 10. The highest BCUT2D eigenvalue weighted by Crippen LogP contribution is 2.28. The third kappa shape index (κ3) is 7.45. The van der Waals surface area contributed by atoms with Gasteiger partial charge >= 0.3 is 6.03 Å². The van der Waals surface area contributed by atoms with Crippen molar-refractivity contribution < 1.29 is 22.7 Å². The number of methoxy groups -OCH3 is 1. The molecule has 0 aliphatic heterocycles. The molecule has 0 aliphatic rings. The maximum Gasteiger partial charge on any atom is 0.324 e. The Bertz CT molecular complexity index is 1550. The number of anilines is 2. The molecule has 4 aromatic rings. The summed E-state index contributed by atoms with van der Waals surface area (Å²) in [6, 6.07) is 18.3. The molecule has 2 N–H and O–H groups in total. The molecule has 0 saturated heterocycles. The molecule has 2 aromatic carbocycles. The molecule has 4 rings (SSSR count). The molecule has 0 radical (unpaired) electrons. The zero-order valence-corrected chi connectivity index (χ0v) is 23.7. The largest absolute Gasteiger partial charge is 0.457 e. The van der Waals surface area contributed by atoms with Crippen molar-refractivity contribution in [1.29, 1.82) is 0 Å². The summed E-state index contributed by atoms with van der Waals surface area (Å²) in [5.41, 5.74) is 1.49. The van der Waals surface area contributed by atoms with Crippen molar-refractivity contribution in [3.63, 3.8) is 0 Å². The lowest BCUT2D eigenvalue weighted by Gasteiger charge is -2.14. The van der Waals surface area contributed by atoms with E-state index < -0.39 is 15.9 Å². The normalized spacial score (nSPS) is 11.7. The van der Waals surface area contributed by atoms with Gasteiger partial charge in [0.15, 0.2) is 9.84 Å². The van der Waals surface area contributed by atoms with Gasteiger partial charge in [-0.2, -0.15) is 5.10 Å². The smallest absolute Gasteiger partial charge is 0.324 e. The molecule has 2 amide bonds. The van der Waals surface area contributed by atoms with E-state index in [1.807, 2.05) is 20.8 Å². The molecule has 0 atom stereocenters. The lowest BCUT2D eigenvalue weighted by atomic mass is 9.92. The Morgan fingerprint density at radius 2 is 1.65 bits per heavy atom. The summed E-state index contributed by atoms with van der Waals surface area (Å²) in [4.78, 5) is 17.1. The van der Waals surface area contributed by atoms with Crippen LogP contribution in [0.2, 0.25) is 0 Å². The zero-order valence-electron chi connectivity index (χ0n) is 22.9. The predicted octanol–water partition coefficient (Wildman–Crippen LogP) is 5.81. The summed E-state index contributed by atoms with van der Waals surface area (Å²) in [5, 5.41) is 10.4. The quantitative estimate of drug-likeness (QED) is 0.233. The molecule has 0 spiro atoms. The van der Waals surface area contributed by atoms with Gasteiger partial charge in [0.25, 0.3) is 0 Å². The lowest BCUT2D eigenvalue weighted by molar-refractivity contribution is 0.199. The van der Waals surface area contributed by atoms with Crippen molar-refractivity contribution in [2.45, 2.75) is 37.5 Å². The molecular weight excluding hydrogens is 530 g/mol. The predicted molar refractivity (Wildman–Crippen MR) is 154 cm³/mol. The van der Waals surface area contributed by atoms with Gasteiger partial charge in [-0.15, -0.1) is 0 Å². The average molecular weight is 564 g/mol. The van der Waals surface area contributed by atoms with E-state index in [1.54, 1.807) is 83.8 Å². The number of amides is 2. The van der Waals surface area contributed by atoms with Gasteiger partial charge < -0.3 is 14.8 Å². The van der Waals surface area contributed by atoms with Crippen LogP contribution >= 0.6 is 0 Å². The number of nitrogens with one attached hydrogen (secondary N) is 2. The number of sulfone groups is 1. The second-order valence-electron chi connectivity index (χ2n) is 10.1. The van der Waals surface area contributed by atoms with Crippen LogP contribution < -0.4 is 15.4 Å². The number of ether oxygens (including phenoxy) is 2. The Kier molecular flexibility index (Phi) is 8.86. The molecule has 210 valence electrons. The second kappa shape index (κ2) is 12.3. The number of pyridine rings is 1. The number of benzene rings is 2. The average Bonchev–Trinajstić information content (AvgIpc) is 3.35. The van der Waals surface area contributed by atoms with Gasteiger partial charge in [0, 0.05) is 43.3 Å². The van der Waals surface area contributed by atoms with Crippen LogP contribution in [0.25, 0.3) is 5.69 Å². The van der Waals surface area contributed by atoms with Crippen molar-refractivity contribution in [1.82, 2.24) is 14.8 Å². The van der Waals surface area contributed by atoms with Crippen molar-refractivity contribution in [3.8, 4) is 17.2 Å². The van der Waals surface area contributed by atoms with Crippen molar-refractivity contribution in [2.24, 2.45) is 0 Å². The van der Waals surface area contributed by atoms with Gasteiger partial charge in [-0.25, -0.2) is 17.9 Å². The number of hydrogen-bond donors (Lipinski definition) is 2. The third-order valence-electron chi connectivity index (χ3n) is 5.90. The van der Waals surface area contributed by atoms with E-state index in [0.29, 0.717) is 41.7 Å². The van der Waals surface area contributed by atoms with Gasteiger partial charge in [-0.1, -0.05) is 26.8 Å². The molecule has 0 aliphatic carbocycles. The van der Waals surface area contributed by atoms with Gasteiger partial charge in [0.2, 0.25) is 0 Å². The Hall–Kier alpha value is -4.22. The second-order valence-corrected chi connectivity index (χ2v) is 12.2. The first kappa shape index (κ1) is 28.8. The van der Waals surface area contributed by atoms with Gasteiger partial charge in [-0.3, -0.25) is 10.3 Å². The fourth-order valence-corrected chi connectivity index (χ4v) is 5.10. The van der Waals surface area contributed by atoms with Crippen LogP contribution in [0.1, 0.15) is 32.9 Å². The van der Waals surface area contributed by atoms with Crippen LogP contribution in [-0.2, 0) is 20.0 Å². The molecule has 11 heteroatoms. The van der Waals surface area contributed by atoms with E-state index in [0.717, 1.165) is 5.69 Å². The highest BCUT2D eigenvalue weighted by Gasteiger charge is 2.23. The Balaban J connectivity index is 1.53. The van der Waals surface area contributed by atoms with E-state index in [2.05, 4.69) is 15.6 Å². The number of carbonyl (C=O) groups excluding carboxylic acids is 1. The van der Waals surface area contributed by atoms with Crippen LogP contribution in [0.4, 0.5) is 16.3 Å². The number of hydrogen-bond acceptors (Lipinski definition) is 7. The minimum atomic E-state index is -3.52. The molecule has 0 bridgehead atoms. The maximum atomic E-state index is 13.0. The molecule has 0 fully saturated rings. The van der Waals surface area contributed by atoms with Crippen LogP contribution in [-0.4, -0.2) is 48.7 Å². The molecule has 10 nitrogen and oxygen atoms in total. The third-order valence-corrected chi connectivity index (χ3v) is 7.70. The van der Waals surface area contributed by atoms with E-state index >= 15 is 0 Å². The highest BCUT2D eigenvalue weighted by molar-refractivity contribution is 7.91. The summed E-state index contributed by atoms with van der Waals surface area (Å²) in [6.07, 6.45) is 3.68. The van der Waals surface area contributed by atoms with Gasteiger partial charge in [-0.05, 0) is 61.0 Å². The fraction of sp³-hybridized carbons (Fsp3) is 0.276. The number of urea groups is 1. The molecule has 40 heavy (non-hydrogen) atoms. The topological polar surface area (TPSA) is 124 Å². The summed E-state index contributed by atoms with van der Waals surface area (Å²) in [7, 11) is -1.98. The van der Waals surface area contributed by atoms with Crippen molar-refractivity contribution in [2.75, 3.05) is 30.1 Å². The Labute approximate surface area is 234 Å². The number of aromatic nitrogens is 3. The molecule has 2 aromatic heterocycles. The van der Waals surface area contributed by atoms with Crippen LogP contribution in [0.15, 0.2) is 84.0 Å².